The van der Waals surface area contributed by atoms with Crippen LogP contribution in [-0.2, 0) is 9.53 Å². The Labute approximate surface area is 129 Å². The van der Waals surface area contributed by atoms with Crippen LogP contribution in [0.15, 0.2) is 52.9 Å². The first-order chi connectivity index (χ1) is 10.0. The van der Waals surface area contributed by atoms with Crippen LogP contribution in [0.25, 0.3) is 17.2 Å². The molecule has 4 heteroatoms. The minimum Gasteiger partial charge on any atom is -0.466 e. The number of anilines is 1. The molecular weight excluding hydrogens is 282 g/mol. The van der Waals surface area contributed by atoms with Crippen molar-refractivity contribution in [2.45, 2.75) is 11.8 Å². The van der Waals surface area contributed by atoms with Crippen molar-refractivity contribution in [2.75, 3.05) is 12.8 Å². The summed E-state index contributed by atoms with van der Waals surface area (Å²) < 4.78 is 4.71. The topological polar surface area (TPSA) is 52.3 Å². The van der Waals surface area contributed by atoms with Crippen LogP contribution in [0.1, 0.15) is 12.5 Å². The molecule has 0 bridgehead atoms. The van der Waals surface area contributed by atoms with Crippen LogP contribution >= 0.6 is 12.6 Å². The van der Waals surface area contributed by atoms with Crippen molar-refractivity contribution in [2.24, 2.45) is 0 Å². The van der Waals surface area contributed by atoms with Gasteiger partial charge < -0.3 is 10.5 Å². The summed E-state index contributed by atoms with van der Waals surface area (Å²) in [5.74, 6) is -0.369. The number of hydrogen-bond donors (Lipinski definition) is 2. The van der Waals surface area contributed by atoms with E-state index in [-0.39, 0.29) is 5.97 Å². The van der Waals surface area contributed by atoms with E-state index in [0.29, 0.717) is 16.2 Å². The molecule has 0 saturated heterocycles. The van der Waals surface area contributed by atoms with Crippen LogP contribution in [0.2, 0.25) is 0 Å². The Morgan fingerprint density at radius 3 is 2.48 bits per heavy atom. The standard InChI is InChI=1S/C17H17NO2S/c1-11(17(19)20-2)8-14-9-13(10-15(18)16(14)21)12-6-4-3-5-7-12/h3-10,21H,18H2,1-2H3/b11-8+. The molecule has 0 atom stereocenters. The smallest absolute Gasteiger partial charge is 0.333 e. The summed E-state index contributed by atoms with van der Waals surface area (Å²) in [6, 6.07) is 13.7. The maximum absolute atomic E-state index is 11.5. The second-order valence-electron chi connectivity index (χ2n) is 4.69. The highest BCUT2D eigenvalue weighted by atomic mass is 32.1. The first-order valence-electron chi connectivity index (χ1n) is 6.47. The summed E-state index contributed by atoms with van der Waals surface area (Å²) in [6.45, 7) is 1.70. The second-order valence-corrected chi connectivity index (χ2v) is 5.14. The van der Waals surface area contributed by atoms with Crippen molar-refractivity contribution < 1.29 is 9.53 Å². The molecule has 0 unspecified atom stereocenters. The van der Waals surface area contributed by atoms with Gasteiger partial charge in [-0.25, -0.2) is 4.79 Å². The van der Waals surface area contributed by atoms with E-state index in [1.165, 1.54) is 7.11 Å². The van der Waals surface area contributed by atoms with E-state index < -0.39 is 0 Å². The summed E-state index contributed by atoms with van der Waals surface area (Å²) in [6.07, 6.45) is 1.73. The second kappa shape index (κ2) is 6.50. The van der Waals surface area contributed by atoms with Crippen molar-refractivity contribution in [1.82, 2.24) is 0 Å². The molecule has 2 N–H and O–H groups in total. The summed E-state index contributed by atoms with van der Waals surface area (Å²) in [5, 5.41) is 0. The zero-order chi connectivity index (χ0) is 15.4. The highest BCUT2D eigenvalue weighted by Gasteiger charge is 2.09. The van der Waals surface area contributed by atoms with Gasteiger partial charge >= 0.3 is 5.97 Å². The lowest BCUT2D eigenvalue weighted by Crippen LogP contribution is -2.01. The molecular formula is C17H17NO2S. The van der Waals surface area contributed by atoms with Crippen molar-refractivity contribution in [1.29, 1.82) is 0 Å². The molecule has 0 radical (unpaired) electrons. The van der Waals surface area contributed by atoms with Gasteiger partial charge in [0, 0.05) is 16.2 Å². The first kappa shape index (κ1) is 15.2. The first-order valence-corrected chi connectivity index (χ1v) is 6.92. The van der Waals surface area contributed by atoms with Gasteiger partial charge in [0.2, 0.25) is 0 Å². The zero-order valence-corrected chi connectivity index (χ0v) is 12.9. The SMILES string of the molecule is COC(=O)/C(C)=C/c1cc(-c2ccccc2)cc(N)c1S. The molecule has 3 nitrogen and oxygen atoms in total. The fourth-order valence-electron chi connectivity index (χ4n) is 2.04. The Morgan fingerprint density at radius 2 is 1.86 bits per heavy atom. The van der Waals surface area contributed by atoms with Crippen LogP contribution in [0, 0.1) is 0 Å². The number of benzene rings is 2. The minimum atomic E-state index is -0.369. The normalized spacial score (nSPS) is 11.3. The average molecular weight is 299 g/mol. The van der Waals surface area contributed by atoms with E-state index in [4.69, 9.17) is 10.5 Å². The van der Waals surface area contributed by atoms with Crippen molar-refractivity contribution in [3.8, 4) is 11.1 Å². The van der Waals surface area contributed by atoms with Gasteiger partial charge in [-0.05, 0) is 41.8 Å². The van der Waals surface area contributed by atoms with Crippen molar-refractivity contribution >= 4 is 30.4 Å². The van der Waals surface area contributed by atoms with Gasteiger partial charge in [0.15, 0.2) is 0 Å². The molecule has 0 aromatic heterocycles. The van der Waals surface area contributed by atoms with Crippen LogP contribution in [-0.4, -0.2) is 13.1 Å². The summed E-state index contributed by atoms with van der Waals surface area (Å²) in [5.41, 5.74) is 9.92. The predicted molar refractivity (Wildman–Crippen MR) is 89.2 cm³/mol. The van der Waals surface area contributed by atoms with Crippen LogP contribution in [0.5, 0.6) is 0 Å². The number of nitrogens with two attached hydrogens (primary N) is 1. The monoisotopic (exact) mass is 299 g/mol. The molecule has 0 aliphatic heterocycles. The number of carbonyl (C=O) groups is 1. The molecule has 108 valence electrons. The van der Waals surface area contributed by atoms with Gasteiger partial charge in [-0.15, -0.1) is 12.6 Å². The number of esters is 1. The molecule has 0 spiro atoms. The van der Waals surface area contributed by atoms with Crippen molar-refractivity contribution in [3.63, 3.8) is 0 Å². The number of rotatable bonds is 3. The molecule has 0 saturated carbocycles. The molecule has 2 aromatic carbocycles. The third kappa shape index (κ3) is 3.47. The van der Waals surface area contributed by atoms with Gasteiger partial charge in [0.05, 0.1) is 7.11 Å². The number of hydrogen-bond acceptors (Lipinski definition) is 4. The molecule has 0 amide bonds. The number of carbonyl (C=O) groups excluding carboxylic acids is 1. The van der Waals surface area contributed by atoms with Gasteiger partial charge in [-0.1, -0.05) is 30.3 Å². The van der Waals surface area contributed by atoms with Gasteiger partial charge in [0.1, 0.15) is 0 Å². The Balaban J connectivity index is 2.52. The van der Waals surface area contributed by atoms with E-state index in [2.05, 4.69) is 12.6 Å². The molecule has 21 heavy (non-hydrogen) atoms. The number of methoxy groups -OCH3 is 1. The molecule has 2 rings (SSSR count). The molecule has 0 aliphatic rings. The Morgan fingerprint density at radius 1 is 1.19 bits per heavy atom. The van der Waals surface area contributed by atoms with Crippen molar-refractivity contribution in [3.05, 3.63) is 53.6 Å². The third-order valence-corrected chi connectivity index (χ3v) is 3.67. The number of nitrogen functional groups attached to an aromatic ring is 1. The lowest BCUT2D eigenvalue weighted by Gasteiger charge is -2.10. The maximum Gasteiger partial charge on any atom is 0.333 e. The molecule has 0 heterocycles. The average Bonchev–Trinajstić information content (AvgIpc) is 2.51. The fraction of sp³-hybridized carbons (Fsp3) is 0.118. The van der Waals surface area contributed by atoms with E-state index in [1.54, 1.807) is 13.0 Å². The quantitative estimate of drug-likeness (QED) is 0.392. The van der Waals surface area contributed by atoms with Crippen LogP contribution < -0.4 is 5.73 Å². The number of thiol groups is 1. The lowest BCUT2D eigenvalue weighted by atomic mass is 10.0. The summed E-state index contributed by atoms with van der Waals surface area (Å²) >= 11 is 4.42. The predicted octanol–water partition coefficient (Wildman–Crippen LogP) is 3.80. The van der Waals surface area contributed by atoms with E-state index in [0.717, 1.165) is 16.7 Å². The van der Waals surface area contributed by atoms with Gasteiger partial charge in [-0.3, -0.25) is 0 Å². The highest BCUT2D eigenvalue weighted by molar-refractivity contribution is 7.80. The molecule has 0 aliphatic carbocycles. The van der Waals surface area contributed by atoms with E-state index >= 15 is 0 Å². The van der Waals surface area contributed by atoms with Gasteiger partial charge in [-0.2, -0.15) is 0 Å². The largest absolute Gasteiger partial charge is 0.466 e. The lowest BCUT2D eigenvalue weighted by molar-refractivity contribution is -0.135. The Hall–Kier alpha value is -2.20. The van der Waals surface area contributed by atoms with Crippen LogP contribution in [0.3, 0.4) is 0 Å². The minimum absolute atomic E-state index is 0.369. The number of ether oxygens (including phenoxy) is 1. The zero-order valence-electron chi connectivity index (χ0n) is 12.0. The highest BCUT2D eigenvalue weighted by Crippen LogP contribution is 2.31. The summed E-state index contributed by atoms with van der Waals surface area (Å²) in [7, 11) is 1.36. The maximum atomic E-state index is 11.5. The van der Waals surface area contributed by atoms with E-state index in [1.807, 2.05) is 42.5 Å². The third-order valence-electron chi connectivity index (χ3n) is 3.16. The molecule has 0 fully saturated rings. The summed E-state index contributed by atoms with van der Waals surface area (Å²) in [4.78, 5) is 12.2. The fourth-order valence-corrected chi connectivity index (χ4v) is 2.23. The Kier molecular flexibility index (Phi) is 4.70. The van der Waals surface area contributed by atoms with Crippen LogP contribution in [0.4, 0.5) is 5.69 Å². The van der Waals surface area contributed by atoms with E-state index in [9.17, 15) is 4.79 Å². The Bertz CT molecular complexity index is 693. The van der Waals surface area contributed by atoms with Gasteiger partial charge in [0.25, 0.3) is 0 Å². The molecule has 2 aromatic rings.